The fourth-order valence-electron chi connectivity index (χ4n) is 8.71. The zero-order valence-electron chi connectivity index (χ0n) is 23.1. The number of aliphatic hydroxyl groups excluding tert-OH is 1. The van der Waals surface area contributed by atoms with Crippen molar-refractivity contribution in [2.75, 3.05) is 12.3 Å². The van der Waals surface area contributed by atoms with E-state index >= 15 is 8.78 Å². The number of aliphatic hydroxyl groups is 1. The first-order valence-corrected chi connectivity index (χ1v) is 14.2. The molecule has 40 heavy (non-hydrogen) atoms. The van der Waals surface area contributed by atoms with Gasteiger partial charge in [-0.3, -0.25) is 9.59 Å². The Bertz CT molecular complexity index is 1280. The molecule has 1 aromatic rings. The fraction of sp³-hybridized carbons (Fsp3) is 0.613. The molecule has 0 aromatic heterocycles. The molecular formula is C31H37F2NO6. The van der Waals surface area contributed by atoms with Crippen LogP contribution in [0.15, 0.2) is 48.1 Å². The van der Waals surface area contributed by atoms with E-state index in [-0.39, 0.29) is 37.2 Å². The van der Waals surface area contributed by atoms with Gasteiger partial charge in [0.1, 0.15) is 18.5 Å². The Labute approximate surface area is 232 Å². The van der Waals surface area contributed by atoms with Crippen LogP contribution in [0.4, 0.5) is 14.5 Å². The third-order valence-corrected chi connectivity index (χ3v) is 10.6. The van der Waals surface area contributed by atoms with E-state index in [9.17, 15) is 14.7 Å². The quantitative estimate of drug-likeness (QED) is 0.499. The molecule has 3 saturated carbocycles. The zero-order chi connectivity index (χ0) is 28.7. The van der Waals surface area contributed by atoms with Gasteiger partial charge in [0.25, 0.3) is 0 Å². The second-order valence-electron chi connectivity index (χ2n) is 12.6. The molecule has 3 N–H and O–H groups in total. The van der Waals surface area contributed by atoms with Gasteiger partial charge in [-0.15, -0.1) is 0 Å². The Kier molecular flexibility index (Phi) is 6.33. The number of ketones is 2. The summed E-state index contributed by atoms with van der Waals surface area (Å²) in [4.78, 5) is 26.3. The molecule has 1 aromatic carbocycles. The predicted octanol–water partition coefficient (Wildman–Crippen LogP) is 4.43. The zero-order valence-corrected chi connectivity index (χ0v) is 23.1. The van der Waals surface area contributed by atoms with Crippen LogP contribution in [0.5, 0.6) is 5.75 Å². The molecule has 0 amide bonds. The summed E-state index contributed by atoms with van der Waals surface area (Å²) in [6.07, 6.45) is 0.779. The number of fused-ring (bicyclic) bond motifs is 7. The summed E-state index contributed by atoms with van der Waals surface area (Å²) in [7, 11) is 0. The highest BCUT2D eigenvalue weighted by Gasteiger charge is 2.80. The number of hydrogen-bond donors (Lipinski definition) is 2. The van der Waals surface area contributed by atoms with Crippen LogP contribution in [0.3, 0.4) is 0 Å². The van der Waals surface area contributed by atoms with Gasteiger partial charge in [-0.25, -0.2) is 8.78 Å². The second kappa shape index (κ2) is 9.19. The lowest BCUT2D eigenvalue weighted by molar-refractivity contribution is -0.234. The van der Waals surface area contributed by atoms with E-state index in [1.54, 1.807) is 31.2 Å². The molecule has 1 saturated heterocycles. The number of carbonyl (C=O) groups is 2. The lowest BCUT2D eigenvalue weighted by atomic mass is 9.44. The minimum atomic E-state index is -2.24. The van der Waals surface area contributed by atoms with Crippen LogP contribution in [0, 0.1) is 22.7 Å². The third kappa shape index (κ3) is 3.50. The number of ether oxygens (including phenoxy) is 3. The molecule has 5 aliphatic rings. The summed E-state index contributed by atoms with van der Waals surface area (Å²) in [6.45, 7) is 5.09. The highest BCUT2D eigenvalue weighted by atomic mass is 19.1. The number of benzene rings is 1. The molecule has 4 fully saturated rings. The number of halogens is 2. The van der Waals surface area contributed by atoms with E-state index < -0.39 is 64.4 Å². The van der Waals surface area contributed by atoms with E-state index in [2.05, 4.69) is 0 Å². The molecule has 4 aliphatic carbocycles. The van der Waals surface area contributed by atoms with E-state index in [1.165, 1.54) is 18.2 Å². The van der Waals surface area contributed by atoms with Gasteiger partial charge in [0, 0.05) is 22.4 Å². The number of nitrogens with two attached hydrogens (primary N) is 1. The Hall–Kier alpha value is -2.62. The molecule has 216 valence electrons. The predicted molar refractivity (Wildman–Crippen MR) is 143 cm³/mol. The lowest BCUT2D eigenvalue weighted by Gasteiger charge is -2.63. The van der Waals surface area contributed by atoms with Crippen molar-refractivity contribution in [3.8, 4) is 5.75 Å². The van der Waals surface area contributed by atoms with Crippen molar-refractivity contribution >= 4 is 17.3 Å². The Morgan fingerprint density at radius 1 is 1.20 bits per heavy atom. The molecular weight excluding hydrogens is 520 g/mol. The van der Waals surface area contributed by atoms with Crippen molar-refractivity contribution in [1.82, 2.24) is 0 Å². The molecule has 0 spiro atoms. The maximum atomic E-state index is 17.5. The topological polar surface area (TPSA) is 108 Å². The van der Waals surface area contributed by atoms with Gasteiger partial charge in [0.05, 0.1) is 12.2 Å². The molecule has 6 rings (SSSR count). The molecule has 0 radical (unpaired) electrons. The van der Waals surface area contributed by atoms with Crippen LogP contribution >= 0.6 is 0 Å². The Balaban J connectivity index is 1.39. The van der Waals surface area contributed by atoms with E-state index in [0.717, 1.165) is 6.42 Å². The highest BCUT2D eigenvalue weighted by molar-refractivity contribution is 6.01. The van der Waals surface area contributed by atoms with Crippen molar-refractivity contribution in [1.29, 1.82) is 0 Å². The SMILES string of the molecule is CCCC1OC2CC3C4C[C@H](F)C5=CC(=O)C=CC5(C)[C@@]4(F)C(O)CC3(C)C2(C(=O)COc2ccc(N)cc2)O1. The van der Waals surface area contributed by atoms with Crippen molar-refractivity contribution in [3.63, 3.8) is 0 Å². The molecule has 0 bridgehead atoms. The van der Waals surface area contributed by atoms with Gasteiger partial charge in [0.15, 0.2) is 23.3 Å². The summed E-state index contributed by atoms with van der Waals surface area (Å²) in [5.74, 6) is -1.72. The van der Waals surface area contributed by atoms with E-state index in [1.807, 2.05) is 13.8 Å². The maximum absolute atomic E-state index is 17.5. The van der Waals surface area contributed by atoms with Crippen LogP contribution in [-0.2, 0) is 19.1 Å². The van der Waals surface area contributed by atoms with Crippen molar-refractivity contribution in [2.45, 2.75) is 88.8 Å². The van der Waals surface area contributed by atoms with Gasteiger partial charge < -0.3 is 25.1 Å². The second-order valence-corrected chi connectivity index (χ2v) is 12.6. The monoisotopic (exact) mass is 557 g/mol. The molecule has 7 nitrogen and oxygen atoms in total. The molecule has 9 heteroatoms. The highest BCUT2D eigenvalue weighted by Crippen LogP contribution is 2.72. The number of Topliss-reactive ketones (excluding diaryl/α,β-unsaturated/α-hetero) is 1. The lowest BCUT2D eigenvalue weighted by Crippen LogP contribution is -2.71. The Morgan fingerprint density at radius 2 is 1.93 bits per heavy atom. The van der Waals surface area contributed by atoms with Crippen molar-refractivity contribution < 1.29 is 37.7 Å². The Morgan fingerprint density at radius 3 is 2.62 bits per heavy atom. The van der Waals surface area contributed by atoms with Crippen molar-refractivity contribution in [2.24, 2.45) is 22.7 Å². The molecule has 8 unspecified atom stereocenters. The van der Waals surface area contributed by atoms with Gasteiger partial charge in [-0.2, -0.15) is 0 Å². The first-order valence-electron chi connectivity index (χ1n) is 14.2. The third-order valence-electron chi connectivity index (χ3n) is 10.6. The minimum Gasteiger partial charge on any atom is -0.486 e. The number of carbonyl (C=O) groups excluding carboxylic acids is 2. The van der Waals surface area contributed by atoms with E-state index in [0.29, 0.717) is 17.9 Å². The van der Waals surface area contributed by atoms with Crippen LogP contribution in [-0.4, -0.2) is 59.2 Å². The smallest absolute Gasteiger partial charge is 0.205 e. The number of nitrogen functional groups attached to an aromatic ring is 1. The number of anilines is 1. The van der Waals surface area contributed by atoms with E-state index in [4.69, 9.17) is 19.9 Å². The normalized spacial score (nSPS) is 45.2. The van der Waals surface area contributed by atoms with Gasteiger partial charge in [0.2, 0.25) is 5.78 Å². The average molecular weight is 558 g/mol. The largest absolute Gasteiger partial charge is 0.486 e. The number of allylic oxidation sites excluding steroid dienone is 4. The fourth-order valence-corrected chi connectivity index (χ4v) is 8.71. The van der Waals surface area contributed by atoms with Crippen LogP contribution < -0.4 is 10.5 Å². The first kappa shape index (κ1) is 27.5. The summed E-state index contributed by atoms with van der Waals surface area (Å²) in [5.41, 5.74) is 0.117. The molecule has 10 atom stereocenters. The summed E-state index contributed by atoms with van der Waals surface area (Å²) >= 11 is 0. The standard InChI is InChI=1S/C31H37F2NO6/c1-4-5-27-39-26-14-20-21-13-23(32)22-12-18(35)10-11-28(22,2)30(21,33)24(36)15-29(20,3)31(26,40-27)25(37)16-38-19-8-6-17(34)7-9-19/h6-12,20-21,23-24,26-27,36H,4-5,13-16,34H2,1-3H3/t20?,21?,23-,24?,26?,27?,28?,29?,30-,31?/m0/s1. The van der Waals surface area contributed by atoms with Crippen LogP contribution in [0.25, 0.3) is 0 Å². The molecule has 1 heterocycles. The number of rotatable bonds is 6. The summed E-state index contributed by atoms with van der Waals surface area (Å²) < 4.78 is 52.0. The van der Waals surface area contributed by atoms with Gasteiger partial charge >= 0.3 is 0 Å². The first-order chi connectivity index (χ1) is 18.9. The number of alkyl halides is 2. The average Bonchev–Trinajstić information content (AvgIpc) is 3.39. The summed E-state index contributed by atoms with van der Waals surface area (Å²) in [5, 5.41) is 11.7. The van der Waals surface area contributed by atoms with Gasteiger partial charge in [-0.05, 0) is 80.5 Å². The summed E-state index contributed by atoms with van der Waals surface area (Å²) in [6, 6.07) is 6.68. The maximum Gasteiger partial charge on any atom is 0.205 e. The van der Waals surface area contributed by atoms with Gasteiger partial charge in [-0.1, -0.05) is 26.3 Å². The number of hydrogen-bond acceptors (Lipinski definition) is 7. The molecule has 1 aliphatic heterocycles. The van der Waals surface area contributed by atoms with Crippen molar-refractivity contribution in [3.05, 3.63) is 48.1 Å². The van der Waals surface area contributed by atoms with Crippen LogP contribution in [0.2, 0.25) is 0 Å². The minimum absolute atomic E-state index is 0.0674. The van der Waals surface area contributed by atoms with Crippen LogP contribution in [0.1, 0.15) is 52.9 Å².